The highest BCUT2D eigenvalue weighted by Crippen LogP contribution is 2.29. The Morgan fingerprint density at radius 3 is 2.70 bits per heavy atom. The second-order valence-corrected chi connectivity index (χ2v) is 5.65. The monoisotopic (exact) mass is 286 g/mol. The van der Waals surface area contributed by atoms with Crippen LogP contribution in [-0.2, 0) is 0 Å². The highest BCUT2D eigenvalue weighted by Gasteiger charge is 2.14. The van der Waals surface area contributed by atoms with E-state index in [0.29, 0.717) is 16.9 Å². The summed E-state index contributed by atoms with van der Waals surface area (Å²) < 4.78 is 15.2. The average Bonchev–Trinajstić information content (AvgIpc) is 3.05. The van der Waals surface area contributed by atoms with Crippen molar-refractivity contribution in [1.82, 2.24) is 9.78 Å². The Hall–Kier alpha value is -2.27. The van der Waals surface area contributed by atoms with Gasteiger partial charge in [-0.2, -0.15) is 5.10 Å². The molecular formula is C15H11FN2OS. The number of halogens is 1. The third-order valence-electron chi connectivity index (χ3n) is 2.94. The number of aromatic nitrogens is 2. The molecule has 3 aromatic rings. The number of para-hydroxylation sites is 1. The molecule has 3 rings (SSSR count). The molecule has 0 aliphatic heterocycles. The number of rotatable bonds is 3. The summed E-state index contributed by atoms with van der Waals surface area (Å²) in [5.74, 6) is -0.374. The highest BCUT2D eigenvalue weighted by atomic mass is 32.1. The van der Waals surface area contributed by atoms with E-state index in [4.69, 9.17) is 0 Å². The zero-order chi connectivity index (χ0) is 14.1. The number of aldehydes is 1. The average molecular weight is 286 g/mol. The minimum Gasteiger partial charge on any atom is -0.298 e. The van der Waals surface area contributed by atoms with Crippen LogP contribution in [0.5, 0.6) is 0 Å². The summed E-state index contributed by atoms with van der Waals surface area (Å²) in [6.45, 7) is 1.99. The molecule has 3 nitrogen and oxygen atoms in total. The smallest absolute Gasteiger partial charge is 0.153 e. The van der Waals surface area contributed by atoms with Crippen molar-refractivity contribution < 1.29 is 9.18 Å². The van der Waals surface area contributed by atoms with Crippen molar-refractivity contribution in [2.24, 2.45) is 0 Å². The van der Waals surface area contributed by atoms with E-state index >= 15 is 0 Å². The topological polar surface area (TPSA) is 34.9 Å². The third-order valence-corrected chi connectivity index (χ3v) is 3.95. The Morgan fingerprint density at radius 2 is 2.05 bits per heavy atom. The maximum atomic E-state index is 13.8. The number of benzene rings is 1. The van der Waals surface area contributed by atoms with Gasteiger partial charge in [-0.05, 0) is 31.2 Å². The van der Waals surface area contributed by atoms with E-state index in [1.807, 2.05) is 19.1 Å². The molecule has 0 bridgehead atoms. The lowest BCUT2D eigenvalue weighted by atomic mass is 10.2. The van der Waals surface area contributed by atoms with Crippen LogP contribution in [0.4, 0.5) is 4.39 Å². The molecule has 0 amide bonds. The first kappa shape index (κ1) is 12.7. The van der Waals surface area contributed by atoms with Crippen LogP contribution in [0.3, 0.4) is 0 Å². The van der Waals surface area contributed by atoms with Crippen molar-refractivity contribution in [3.05, 3.63) is 58.9 Å². The molecule has 0 radical (unpaired) electrons. The van der Waals surface area contributed by atoms with Gasteiger partial charge in [0.15, 0.2) is 6.29 Å². The summed E-state index contributed by atoms with van der Waals surface area (Å²) >= 11 is 1.55. The van der Waals surface area contributed by atoms with Gasteiger partial charge in [-0.15, -0.1) is 11.3 Å². The maximum absolute atomic E-state index is 13.8. The summed E-state index contributed by atoms with van der Waals surface area (Å²) in [5, 5.41) is 4.35. The first-order valence-electron chi connectivity index (χ1n) is 6.05. The largest absolute Gasteiger partial charge is 0.298 e. The predicted octanol–water partition coefficient (Wildman–Crippen LogP) is 3.86. The number of hydrogen-bond acceptors (Lipinski definition) is 3. The molecule has 0 saturated carbocycles. The molecule has 20 heavy (non-hydrogen) atoms. The molecule has 0 atom stereocenters. The van der Waals surface area contributed by atoms with Crippen molar-refractivity contribution in [2.45, 2.75) is 6.92 Å². The minimum atomic E-state index is -0.374. The second-order valence-electron chi connectivity index (χ2n) is 4.36. The Bertz CT molecular complexity index is 776. The van der Waals surface area contributed by atoms with Crippen molar-refractivity contribution in [3.63, 3.8) is 0 Å². The molecule has 0 fully saturated rings. The highest BCUT2D eigenvalue weighted by molar-refractivity contribution is 7.15. The fraction of sp³-hybridized carbons (Fsp3) is 0.0667. The molecule has 0 spiro atoms. The number of hydrogen-bond donors (Lipinski definition) is 0. The third kappa shape index (κ3) is 2.16. The van der Waals surface area contributed by atoms with E-state index < -0.39 is 0 Å². The quantitative estimate of drug-likeness (QED) is 0.685. The normalized spacial score (nSPS) is 10.7. The van der Waals surface area contributed by atoms with Gasteiger partial charge in [-0.25, -0.2) is 9.07 Å². The van der Waals surface area contributed by atoms with Crippen LogP contribution >= 0.6 is 11.3 Å². The summed E-state index contributed by atoms with van der Waals surface area (Å²) in [4.78, 5) is 13.2. The van der Waals surface area contributed by atoms with Crippen molar-refractivity contribution in [3.8, 4) is 16.3 Å². The van der Waals surface area contributed by atoms with Crippen molar-refractivity contribution in [2.75, 3.05) is 0 Å². The Labute approximate surface area is 119 Å². The molecule has 0 aliphatic carbocycles. The van der Waals surface area contributed by atoms with Gasteiger partial charge >= 0.3 is 0 Å². The Kier molecular flexibility index (Phi) is 3.20. The van der Waals surface area contributed by atoms with Crippen LogP contribution in [0.1, 0.15) is 15.2 Å². The van der Waals surface area contributed by atoms with Gasteiger partial charge in [0.05, 0.1) is 10.4 Å². The number of aryl methyl sites for hydroxylation is 1. The van der Waals surface area contributed by atoms with Gasteiger partial charge in [0.2, 0.25) is 0 Å². The van der Waals surface area contributed by atoms with Crippen molar-refractivity contribution in [1.29, 1.82) is 0 Å². The molecule has 0 N–H and O–H groups in total. The van der Waals surface area contributed by atoms with Gasteiger partial charge in [-0.1, -0.05) is 12.1 Å². The summed E-state index contributed by atoms with van der Waals surface area (Å²) in [6, 6.07) is 10.2. The lowest BCUT2D eigenvalue weighted by molar-refractivity contribution is 0.112. The van der Waals surface area contributed by atoms with Crippen molar-refractivity contribution >= 4 is 17.6 Å². The molecule has 2 heterocycles. The van der Waals surface area contributed by atoms with E-state index in [9.17, 15) is 9.18 Å². The molecular weight excluding hydrogens is 275 g/mol. The summed E-state index contributed by atoms with van der Waals surface area (Å²) in [6.07, 6.45) is 2.30. The van der Waals surface area contributed by atoms with E-state index in [2.05, 4.69) is 5.10 Å². The first-order valence-corrected chi connectivity index (χ1v) is 6.87. The fourth-order valence-electron chi connectivity index (χ4n) is 1.99. The Balaban J connectivity index is 2.14. The molecule has 0 saturated heterocycles. The number of nitrogens with zero attached hydrogens (tertiary/aromatic N) is 2. The molecule has 0 aliphatic rings. The minimum absolute atomic E-state index is 0.329. The predicted molar refractivity (Wildman–Crippen MR) is 77.0 cm³/mol. The van der Waals surface area contributed by atoms with Crippen LogP contribution < -0.4 is 0 Å². The van der Waals surface area contributed by atoms with Crippen LogP contribution in [0.2, 0.25) is 0 Å². The fourth-order valence-corrected chi connectivity index (χ4v) is 2.86. The number of carbonyl (C=O) groups excluding carboxylic acids is 1. The zero-order valence-electron chi connectivity index (χ0n) is 10.7. The lowest BCUT2D eigenvalue weighted by Crippen LogP contribution is -1.97. The van der Waals surface area contributed by atoms with Gasteiger partial charge in [0.1, 0.15) is 17.2 Å². The van der Waals surface area contributed by atoms with Crippen LogP contribution in [0.25, 0.3) is 16.3 Å². The molecule has 2 aromatic heterocycles. The molecule has 1 aromatic carbocycles. The van der Waals surface area contributed by atoms with Crippen LogP contribution in [0.15, 0.2) is 42.6 Å². The molecule has 100 valence electrons. The van der Waals surface area contributed by atoms with Crippen LogP contribution in [-0.4, -0.2) is 16.1 Å². The summed E-state index contributed by atoms with van der Waals surface area (Å²) in [7, 11) is 0. The summed E-state index contributed by atoms with van der Waals surface area (Å²) in [5.41, 5.74) is 1.37. The van der Waals surface area contributed by atoms with Gasteiger partial charge < -0.3 is 0 Å². The molecule has 0 unspecified atom stereocenters. The van der Waals surface area contributed by atoms with E-state index in [-0.39, 0.29) is 5.82 Å². The maximum Gasteiger partial charge on any atom is 0.153 e. The van der Waals surface area contributed by atoms with Gasteiger partial charge in [0.25, 0.3) is 0 Å². The second kappa shape index (κ2) is 5.02. The SMILES string of the molecule is Cc1ccc(-c2nn(-c3ccccc3F)cc2C=O)s1. The van der Waals surface area contributed by atoms with Gasteiger partial charge in [0, 0.05) is 11.1 Å². The number of thiophene rings is 1. The number of carbonyl (C=O) groups is 1. The molecule has 5 heteroatoms. The first-order chi connectivity index (χ1) is 9.69. The van der Waals surface area contributed by atoms with E-state index in [1.165, 1.54) is 10.7 Å². The Morgan fingerprint density at radius 1 is 1.25 bits per heavy atom. The zero-order valence-corrected chi connectivity index (χ0v) is 11.5. The lowest BCUT2D eigenvalue weighted by Gasteiger charge is -2.01. The van der Waals surface area contributed by atoms with Crippen LogP contribution in [0, 0.1) is 12.7 Å². The standard InChI is InChI=1S/C15H11FN2OS/c1-10-6-7-14(20-10)15-11(9-19)8-18(17-15)13-5-3-2-4-12(13)16/h2-9H,1H3. The van der Waals surface area contributed by atoms with E-state index in [1.54, 1.807) is 35.7 Å². The van der Waals surface area contributed by atoms with E-state index in [0.717, 1.165) is 16.0 Å². The van der Waals surface area contributed by atoms with Gasteiger partial charge in [-0.3, -0.25) is 4.79 Å².